The molecule has 25 heavy (non-hydrogen) atoms. The number of aromatic nitrogens is 3. The molecule has 6 nitrogen and oxygen atoms in total. The highest BCUT2D eigenvalue weighted by atomic mass is 16.2. The lowest BCUT2D eigenvalue weighted by molar-refractivity contribution is -0.753. The molecule has 0 aliphatic heterocycles. The molecular formula is C19H21N4O2+. The summed E-state index contributed by atoms with van der Waals surface area (Å²) in [6.07, 6.45) is 0. The van der Waals surface area contributed by atoms with Crippen molar-refractivity contribution in [2.75, 3.05) is 5.32 Å². The zero-order chi connectivity index (χ0) is 18.0. The van der Waals surface area contributed by atoms with Crippen molar-refractivity contribution in [3.8, 4) is 5.69 Å². The number of nitrogens with zero attached hydrogens (tertiary/aromatic N) is 2. The maximum Gasteiger partial charge on any atom is 0.411 e. The molecule has 1 heterocycles. The molecular weight excluding hydrogens is 316 g/mol. The Morgan fingerprint density at radius 2 is 1.60 bits per heavy atom. The Morgan fingerprint density at radius 3 is 2.16 bits per heavy atom. The van der Waals surface area contributed by atoms with Gasteiger partial charge in [-0.05, 0) is 45.0 Å². The third kappa shape index (κ3) is 3.38. The van der Waals surface area contributed by atoms with E-state index in [4.69, 9.17) is 0 Å². The van der Waals surface area contributed by atoms with Crippen LogP contribution in [-0.4, -0.2) is 15.8 Å². The SMILES string of the molecule is CC[n+]1[nH]n(-c2ccc(C)cc2)c(=O)c1C(=O)Nc1ccc(C)cc1. The van der Waals surface area contributed by atoms with Gasteiger partial charge < -0.3 is 5.32 Å². The van der Waals surface area contributed by atoms with Gasteiger partial charge in [0.05, 0.1) is 0 Å². The van der Waals surface area contributed by atoms with Crippen molar-refractivity contribution >= 4 is 11.6 Å². The Balaban J connectivity index is 1.98. The van der Waals surface area contributed by atoms with Gasteiger partial charge in [-0.2, -0.15) is 0 Å². The molecule has 0 aliphatic carbocycles. The molecule has 6 heteroatoms. The van der Waals surface area contributed by atoms with Crippen molar-refractivity contribution in [3.63, 3.8) is 0 Å². The Kier molecular flexibility index (Phi) is 4.52. The largest absolute Gasteiger partial charge is 0.411 e. The van der Waals surface area contributed by atoms with Gasteiger partial charge in [0, 0.05) is 5.69 Å². The lowest BCUT2D eigenvalue weighted by Crippen LogP contribution is -2.44. The quantitative estimate of drug-likeness (QED) is 0.718. The first kappa shape index (κ1) is 16.7. The molecule has 0 radical (unpaired) electrons. The summed E-state index contributed by atoms with van der Waals surface area (Å²) in [6.45, 7) is 6.31. The first-order chi connectivity index (χ1) is 12.0. The van der Waals surface area contributed by atoms with Crippen LogP contribution in [0.4, 0.5) is 5.69 Å². The average Bonchev–Trinajstić information content (AvgIpc) is 2.94. The Morgan fingerprint density at radius 1 is 1.04 bits per heavy atom. The number of rotatable bonds is 4. The number of carbonyl (C=O) groups is 1. The van der Waals surface area contributed by atoms with Crippen LogP contribution in [0.2, 0.25) is 0 Å². The fourth-order valence-electron chi connectivity index (χ4n) is 2.58. The van der Waals surface area contributed by atoms with E-state index in [-0.39, 0.29) is 11.3 Å². The van der Waals surface area contributed by atoms with Crippen LogP contribution in [0.5, 0.6) is 0 Å². The summed E-state index contributed by atoms with van der Waals surface area (Å²) in [7, 11) is 0. The summed E-state index contributed by atoms with van der Waals surface area (Å²) >= 11 is 0. The van der Waals surface area contributed by atoms with Crippen LogP contribution in [0.15, 0.2) is 53.3 Å². The minimum absolute atomic E-state index is 0.0728. The Bertz CT molecular complexity index is 951. The number of nitrogens with one attached hydrogen (secondary N) is 2. The number of hydrogen-bond acceptors (Lipinski definition) is 2. The molecule has 0 fully saturated rings. The number of benzene rings is 2. The molecule has 0 atom stereocenters. The number of H-pyrrole nitrogens is 1. The topological polar surface area (TPSA) is 70.8 Å². The standard InChI is InChI=1S/C19H20N4O2/c1-4-22-17(18(24)20-15-9-5-13(2)6-10-15)19(25)23(21-22)16-11-7-14(3)8-12-16/h5-12H,4H2,1-3H3,(H-,20,21,24,25)/p+1. The zero-order valence-corrected chi connectivity index (χ0v) is 14.5. The van der Waals surface area contributed by atoms with E-state index in [1.165, 1.54) is 4.68 Å². The first-order valence-corrected chi connectivity index (χ1v) is 8.19. The number of aromatic amines is 1. The maximum atomic E-state index is 12.8. The van der Waals surface area contributed by atoms with E-state index in [9.17, 15) is 9.59 Å². The van der Waals surface area contributed by atoms with E-state index in [2.05, 4.69) is 10.5 Å². The second kappa shape index (κ2) is 6.76. The molecule has 0 spiro atoms. The van der Waals surface area contributed by atoms with E-state index >= 15 is 0 Å². The first-order valence-electron chi connectivity index (χ1n) is 8.19. The molecule has 2 N–H and O–H groups in total. The number of amides is 1. The molecule has 128 valence electrons. The molecule has 3 aromatic rings. The van der Waals surface area contributed by atoms with E-state index in [0.29, 0.717) is 17.9 Å². The molecule has 0 aliphatic rings. The predicted molar refractivity (Wildman–Crippen MR) is 96.1 cm³/mol. The van der Waals surface area contributed by atoms with E-state index in [0.717, 1.165) is 11.1 Å². The fourth-order valence-corrected chi connectivity index (χ4v) is 2.58. The summed E-state index contributed by atoms with van der Waals surface area (Å²) in [4.78, 5) is 25.4. The molecule has 3 rings (SSSR count). The molecule has 0 unspecified atom stereocenters. The highest BCUT2D eigenvalue weighted by Gasteiger charge is 2.28. The average molecular weight is 337 g/mol. The highest BCUT2D eigenvalue weighted by molar-refractivity contribution is 6.01. The second-order valence-electron chi connectivity index (χ2n) is 5.99. The van der Waals surface area contributed by atoms with Crippen LogP contribution in [0, 0.1) is 13.8 Å². The summed E-state index contributed by atoms with van der Waals surface area (Å²) in [6, 6.07) is 15.0. The van der Waals surface area contributed by atoms with Gasteiger partial charge in [0.2, 0.25) is 0 Å². The van der Waals surface area contributed by atoms with Gasteiger partial charge in [-0.15, -0.1) is 4.68 Å². The molecule has 1 aromatic heterocycles. The molecule has 0 saturated carbocycles. The van der Waals surface area contributed by atoms with Gasteiger partial charge in [0.25, 0.3) is 0 Å². The van der Waals surface area contributed by atoms with Crippen LogP contribution in [0.25, 0.3) is 5.69 Å². The van der Waals surface area contributed by atoms with Gasteiger partial charge in [0.1, 0.15) is 6.54 Å². The third-order valence-electron chi connectivity index (χ3n) is 4.03. The molecule has 0 saturated heterocycles. The van der Waals surface area contributed by atoms with E-state index < -0.39 is 5.91 Å². The minimum atomic E-state index is -0.433. The number of anilines is 1. The summed E-state index contributed by atoms with van der Waals surface area (Å²) in [5.74, 6) is -0.433. The Labute approximate surface area is 145 Å². The van der Waals surface area contributed by atoms with Gasteiger partial charge in [0.15, 0.2) is 5.69 Å². The molecule has 1 amide bonds. The van der Waals surface area contributed by atoms with E-state index in [1.54, 1.807) is 4.68 Å². The van der Waals surface area contributed by atoms with Crippen LogP contribution < -0.4 is 15.6 Å². The number of aryl methyl sites for hydroxylation is 3. The van der Waals surface area contributed by atoms with Crippen LogP contribution in [-0.2, 0) is 6.54 Å². The summed E-state index contributed by atoms with van der Waals surface area (Å²) < 4.78 is 2.93. The normalized spacial score (nSPS) is 10.7. The highest BCUT2D eigenvalue weighted by Crippen LogP contribution is 2.10. The smallest absolute Gasteiger partial charge is 0.319 e. The van der Waals surface area contributed by atoms with Crippen LogP contribution in [0.3, 0.4) is 0 Å². The van der Waals surface area contributed by atoms with Crippen molar-refractivity contribution in [2.45, 2.75) is 27.3 Å². The van der Waals surface area contributed by atoms with Crippen molar-refractivity contribution in [1.29, 1.82) is 0 Å². The lowest BCUT2D eigenvalue weighted by atomic mass is 10.2. The Hall–Kier alpha value is -3.15. The van der Waals surface area contributed by atoms with Crippen molar-refractivity contribution in [1.82, 2.24) is 9.90 Å². The molecule has 0 bridgehead atoms. The van der Waals surface area contributed by atoms with Gasteiger partial charge in [-0.1, -0.05) is 45.3 Å². The summed E-state index contributed by atoms with van der Waals surface area (Å²) in [5.41, 5.74) is 3.24. The fraction of sp³-hybridized carbons (Fsp3) is 0.211. The minimum Gasteiger partial charge on any atom is -0.319 e. The lowest BCUT2D eigenvalue weighted by Gasteiger charge is -2.02. The number of hydrogen-bond donors (Lipinski definition) is 2. The molecule has 2 aromatic carbocycles. The monoisotopic (exact) mass is 337 g/mol. The van der Waals surface area contributed by atoms with Gasteiger partial charge in [-0.25, -0.2) is 4.79 Å². The second-order valence-corrected chi connectivity index (χ2v) is 5.99. The van der Waals surface area contributed by atoms with Gasteiger partial charge in [-0.3, -0.25) is 4.79 Å². The zero-order valence-electron chi connectivity index (χ0n) is 14.5. The predicted octanol–water partition coefficient (Wildman–Crippen LogP) is 2.34. The van der Waals surface area contributed by atoms with Crippen LogP contribution >= 0.6 is 0 Å². The third-order valence-corrected chi connectivity index (χ3v) is 4.03. The van der Waals surface area contributed by atoms with E-state index in [1.807, 2.05) is 69.3 Å². The van der Waals surface area contributed by atoms with Gasteiger partial charge >= 0.3 is 17.2 Å². The summed E-state index contributed by atoms with van der Waals surface area (Å²) in [5, 5.41) is 5.75. The van der Waals surface area contributed by atoms with Crippen molar-refractivity contribution < 1.29 is 9.48 Å². The maximum absolute atomic E-state index is 12.8. The van der Waals surface area contributed by atoms with Crippen molar-refractivity contribution in [3.05, 3.63) is 75.7 Å². The van der Waals surface area contributed by atoms with Crippen LogP contribution in [0.1, 0.15) is 28.5 Å². The van der Waals surface area contributed by atoms with Crippen molar-refractivity contribution in [2.24, 2.45) is 0 Å². The number of carbonyl (C=O) groups excluding carboxylic acids is 1.